The summed E-state index contributed by atoms with van der Waals surface area (Å²) in [6, 6.07) is 55.2. The minimum atomic E-state index is 0.620. The van der Waals surface area contributed by atoms with E-state index in [1.807, 2.05) is 12.1 Å². The number of hydrogen-bond acceptors (Lipinski definition) is 1. The highest BCUT2D eigenvalue weighted by Crippen LogP contribution is 2.44. The fraction of sp³-hybridized carbons (Fsp3) is 0. The Morgan fingerprint density at radius 3 is 1.80 bits per heavy atom. The van der Waals surface area contributed by atoms with Gasteiger partial charge in [0.05, 0.1) is 16.7 Å². The third-order valence-electron chi connectivity index (χ3n) is 8.26. The van der Waals surface area contributed by atoms with E-state index in [1.165, 1.54) is 21.8 Å². The highest BCUT2D eigenvalue weighted by Gasteiger charge is 2.20. The number of para-hydroxylation sites is 3. The van der Waals surface area contributed by atoms with E-state index in [0.717, 1.165) is 44.6 Å². The van der Waals surface area contributed by atoms with Gasteiger partial charge < -0.3 is 9.47 Å². The molecular weight excluding hydrogens is 579 g/mol. The molecule has 0 saturated heterocycles. The van der Waals surface area contributed by atoms with Crippen LogP contribution in [0.5, 0.6) is 0 Å². The lowest BCUT2D eigenvalue weighted by Crippen LogP contribution is -2.10. The van der Waals surface area contributed by atoms with Crippen molar-refractivity contribution in [2.45, 2.75) is 0 Å². The lowest BCUT2D eigenvalue weighted by Gasteiger charge is -2.27. The van der Waals surface area contributed by atoms with Gasteiger partial charge >= 0.3 is 0 Å². The number of aromatic nitrogens is 1. The Morgan fingerprint density at radius 2 is 1.05 bits per heavy atom. The van der Waals surface area contributed by atoms with E-state index >= 15 is 0 Å². The van der Waals surface area contributed by atoms with Crippen LogP contribution in [0.3, 0.4) is 0 Å². The lowest BCUT2D eigenvalue weighted by atomic mass is 9.96. The maximum Gasteiger partial charge on any atom is 0.0542 e. The van der Waals surface area contributed by atoms with Crippen LogP contribution >= 0.6 is 23.2 Å². The SMILES string of the molecule is Clc1cc(Cl)cc(-c2ccc(N(c3ccccc3)c3ccc4c(c3)c3ccccc3n4-c3ccccc3)c3ccccc23)c1. The summed E-state index contributed by atoms with van der Waals surface area (Å²) in [4.78, 5) is 2.35. The van der Waals surface area contributed by atoms with Crippen LogP contribution < -0.4 is 4.90 Å². The molecule has 0 saturated carbocycles. The van der Waals surface area contributed by atoms with E-state index in [9.17, 15) is 0 Å². The van der Waals surface area contributed by atoms with Crippen molar-refractivity contribution in [1.82, 2.24) is 4.57 Å². The molecule has 7 aromatic carbocycles. The van der Waals surface area contributed by atoms with Gasteiger partial charge in [-0.3, -0.25) is 0 Å². The standard InChI is InChI=1S/C40H26Cl2N2/c41-28-23-27(24-29(42)25-28)33-20-22-39(35-16-8-7-15-34(33)35)43(30-11-3-1-4-12-30)32-19-21-40-37(26-32)36-17-9-10-18-38(36)44(40)31-13-5-2-6-14-31/h1-26H. The number of benzene rings is 7. The Balaban J connectivity index is 1.38. The molecule has 0 spiro atoms. The number of fused-ring (bicyclic) bond motifs is 4. The second-order valence-corrected chi connectivity index (χ2v) is 11.8. The Hall–Kier alpha value is -5.02. The fourth-order valence-corrected chi connectivity index (χ4v) is 6.92. The summed E-state index contributed by atoms with van der Waals surface area (Å²) in [5.74, 6) is 0. The molecule has 0 aliphatic carbocycles. The van der Waals surface area contributed by atoms with Gasteiger partial charge in [0.2, 0.25) is 0 Å². The molecule has 210 valence electrons. The highest BCUT2D eigenvalue weighted by molar-refractivity contribution is 6.35. The van der Waals surface area contributed by atoms with Crippen molar-refractivity contribution >= 4 is 72.8 Å². The summed E-state index contributed by atoms with van der Waals surface area (Å²) < 4.78 is 2.35. The van der Waals surface area contributed by atoms with Gasteiger partial charge in [0, 0.05) is 43.3 Å². The quantitative estimate of drug-likeness (QED) is 0.189. The molecule has 1 aromatic heterocycles. The molecule has 0 fully saturated rings. The summed E-state index contributed by atoms with van der Waals surface area (Å²) in [6.07, 6.45) is 0. The van der Waals surface area contributed by atoms with Crippen molar-refractivity contribution in [2.24, 2.45) is 0 Å². The van der Waals surface area contributed by atoms with Crippen molar-refractivity contribution in [1.29, 1.82) is 0 Å². The van der Waals surface area contributed by atoms with Crippen LogP contribution in [0, 0.1) is 0 Å². The van der Waals surface area contributed by atoms with Crippen LogP contribution in [0.15, 0.2) is 158 Å². The van der Waals surface area contributed by atoms with Gasteiger partial charge in [-0.25, -0.2) is 0 Å². The molecular formula is C40H26Cl2N2. The first-order chi connectivity index (χ1) is 21.7. The van der Waals surface area contributed by atoms with Gasteiger partial charge in [-0.2, -0.15) is 0 Å². The molecule has 0 radical (unpaired) electrons. The zero-order chi connectivity index (χ0) is 29.6. The summed E-state index contributed by atoms with van der Waals surface area (Å²) in [7, 11) is 0. The molecule has 44 heavy (non-hydrogen) atoms. The molecule has 0 aliphatic rings. The number of halogens is 2. The van der Waals surface area contributed by atoms with E-state index in [-0.39, 0.29) is 0 Å². The smallest absolute Gasteiger partial charge is 0.0542 e. The summed E-state index contributed by atoms with van der Waals surface area (Å²) in [6.45, 7) is 0. The third-order valence-corrected chi connectivity index (χ3v) is 8.70. The summed E-state index contributed by atoms with van der Waals surface area (Å²) in [5.41, 5.74) is 8.85. The van der Waals surface area contributed by atoms with Crippen molar-refractivity contribution in [3.63, 3.8) is 0 Å². The number of hydrogen-bond donors (Lipinski definition) is 0. The van der Waals surface area contributed by atoms with Gasteiger partial charge in [-0.1, -0.05) is 108 Å². The van der Waals surface area contributed by atoms with E-state index in [2.05, 4.69) is 149 Å². The Bertz CT molecular complexity index is 2290. The third kappa shape index (κ3) is 4.51. The van der Waals surface area contributed by atoms with Crippen LogP contribution in [0.1, 0.15) is 0 Å². The second kappa shape index (κ2) is 10.9. The molecule has 0 aliphatic heterocycles. The predicted octanol–water partition coefficient (Wildman–Crippen LogP) is 12.4. The molecule has 8 rings (SSSR count). The van der Waals surface area contributed by atoms with Crippen molar-refractivity contribution < 1.29 is 0 Å². The summed E-state index contributed by atoms with van der Waals surface area (Å²) in [5, 5.41) is 5.93. The fourth-order valence-electron chi connectivity index (χ4n) is 6.40. The topological polar surface area (TPSA) is 8.17 Å². The summed E-state index contributed by atoms with van der Waals surface area (Å²) >= 11 is 12.9. The molecule has 4 heteroatoms. The maximum absolute atomic E-state index is 6.43. The van der Waals surface area contributed by atoms with Gasteiger partial charge in [0.15, 0.2) is 0 Å². The number of anilines is 3. The van der Waals surface area contributed by atoms with Crippen LogP contribution in [-0.2, 0) is 0 Å². The van der Waals surface area contributed by atoms with Crippen LogP contribution in [0.25, 0.3) is 49.4 Å². The normalized spacial score (nSPS) is 11.4. The van der Waals surface area contributed by atoms with E-state index < -0.39 is 0 Å². The minimum absolute atomic E-state index is 0.620. The average Bonchev–Trinajstić information content (AvgIpc) is 3.39. The van der Waals surface area contributed by atoms with Gasteiger partial charge in [-0.15, -0.1) is 0 Å². The highest BCUT2D eigenvalue weighted by atomic mass is 35.5. The van der Waals surface area contributed by atoms with E-state index in [0.29, 0.717) is 10.0 Å². The van der Waals surface area contributed by atoms with Crippen LogP contribution in [0.2, 0.25) is 10.0 Å². The van der Waals surface area contributed by atoms with Crippen LogP contribution in [-0.4, -0.2) is 4.57 Å². The van der Waals surface area contributed by atoms with Crippen molar-refractivity contribution in [3.8, 4) is 16.8 Å². The first-order valence-corrected chi connectivity index (χ1v) is 15.3. The molecule has 2 nitrogen and oxygen atoms in total. The van der Waals surface area contributed by atoms with E-state index in [1.54, 1.807) is 6.07 Å². The zero-order valence-electron chi connectivity index (χ0n) is 23.7. The second-order valence-electron chi connectivity index (χ2n) is 10.9. The molecule has 0 unspecified atom stereocenters. The Kier molecular flexibility index (Phi) is 6.60. The first-order valence-electron chi connectivity index (χ1n) is 14.6. The van der Waals surface area contributed by atoms with Crippen molar-refractivity contribution in [3.05, 3.63) is 168 Å². The lowest BCUT2D eigenvalue weighted by molar-refractivity contribution is 1.18. The number of nitrogens with zero attached hydrogens (tertiary/aromatic N) is 2. The first kappa shape index (κ1) is 26.6. The molecule has 8 aromatic rings. The molecule has 0 bridgehead atoms. The van der Waals surface area contributed by atoms with Gasteiger partial charge in [0.1, 0.15) is 0 Å². The zero-order valence-corrected chi connectivity index (χ0v) is 25.2. The minimum Gasteiger partial charge on any atom is -0.310 e. The number of rotatable bonds is 5. The molecule has 1 heterocycles. The largest absolute Gasteiger partial charge is 0.310 e. The average molecular weight is 606 g/mol. The maximum atomic E-state index is 6.43. The molecule has 0 amide bonds. The van der Waals surface area contributed by atoms with Gasteiger partial charge in [0.25, 0.3) is 0 Å². The monoisotopic (exact) mass is 604 g/mol. The van der Waals surface area contributed by atoms with Crippen LogP contribution in [0.4, 0.5) is 17.1 Å². The van der Waals surface area contributed by atoms with Crippen molar-refractivity contribution in [2.75, 3.05) is 4.90 Å². The Morgan fingerprint density at radius 1 is 0.432 bits per heavy atom. The molecule has 0 atom stereocenters. The van der Waals surface area contributed by atoms with Gasteiger partial charge in [-0.05, 0) is 89.3 Å². The predicted molar refractivity (Wildman–Crippen MR) is 188 cm³/mol. The Labute approximate surface area is 265 Å². The molecule has 0 N–H and O–H groups in total. The van der Waals surface area contributed by atoms with E-state index in [4.69, 9.17) is 23.2 Å².